The van der Waals surface area contributed by atoms with E-state index >= 15 is 0 Å². The van der Waals surface area contributed by atoms with Gasteiger partial charge in [0, 0.05) is 10.8 Å². The molecule has 0 radical (unpaired) electrons. The van der Waals surface area contributed by atoms with Crippen molar-refractivity contribution in [3.8, 4) is 0 Å². The Morgan fingerprint density at radius 2 is 1.89 bits per heavy atom. The fourth-order valence-electron chi connectivity index (χ4n) is 1.98. The van der Waals surface area contributed by atoms with Gasteiger partial charge in [-0.1, -0.05) is 11.8 Å². The fourth-order valence-corrected chi connectivity index (χ4v) is 3.63. The summed E-state index contributed by atoms with van der Waals surface area (Å²) >= 11 is 1.20. The van der Waals surface area contributed by atoms with Crippen LogP contribution in [-0.4, -0.2) is 47.1 Å². The summed E-state index contributed by atoms with van der Waals surface area (Å²) < 4.78 is 88.6. The summed E-state index contributed by atoms with van der Waals surface area (Å²) in [5.74, 6) is -0.885. The van der Waals surface area contributed by atoms with Crippen molar-refractivity contribution in [3.05, 3.63) is 28.5 Å². The molecule has 0 aliphatic carbocycles. The SMILES string of the molecule is Cc1cc(F)c(N=C=C2SCC(=O)N2CC(F)(F)F)cc1SCC(F)(F)F. The van der Waals surface area contributed by atoms with Gasteiger partial charge in [0.2, 0.25) is 5.91 Å². The standard InChI is InChI=1S/C15H11F7N2OS2/c1-8-2-9(16)10(3-11(8)27-7-15(20,21)22)23-4-13-24(6-14(17,18)19)12(25)5-26-13/h2-3H,5-7H2,1H3. The first-order valence-corrected chi connectivity index (χ1v) is 9.16. The molecule has 1 aliphatic heterocycles. The maximum absolute atomic E-state index is 14.0. The fraction of sp³-hybridized carbons (Fsp3) is 0.400. The Bertz CT molecular complexity index is 799. The van der Waals surface area contributed by atoms with Gasteiger partial charge >= 0.3 is 12.4 Å². The molecule has 1 aliphatic rings. The Kier molecular flexibility index (Phi) is 6.54. The molecule has 0 N–H and O–H groups in total. The van der Waals surface area contributed by atoms with Crippen LogP contribution in [0.3, 0.4) is 0 Å². The lowest BCUT2D eigenvalue weighted by atomic mass is 10.2. The minimum atomic E-state index is -4.63. The number of benzene rings is 1. The molecule has 1 heterocycles. The van der Waals surface area contributed by atoms with E-state index in [4.69, 9.17) is 0 Å². The van der Waals surface area contributed by atoms with Crippen molar-refractivity contribution in [1.29, 1.82) is 0 Å². The molecule has 12 heteroatoms. The third-order valence-corrected chi connectivity index (χ3v) is 5.32. The lowest BCUT2D eigenvalue weighted by molar-refractivity contribution is -0.153. The lowest BCUT2D eigenvalue weighted by Crippen LogP contribution is -2.34. The predicted octanol–water partition coefficient (Wildman–Crippen LogP) is 5.07. The van der Waals surface area contributed by atoms with Crippen LogP contribution in [0.1, 0.15) is 5.56 Å². The smallest absolute Gasteiger partial charge is 0.289 e. The van der Waals surface area contributed by atoms with Crippen molar-refractivity contribution in [2.45, 2.75) is 24.2 Å². The minimum Gasteiger partial charge on any atom is -0.289 e. The van der Waals surface area contributed by atoms with Crippen LogP contribution in [0, 0.1) is 12.7 Å². The van der Waals surface area contributed by atoms with E-state index in [1.807, 2.05) is 0 Å². The van der Waals surface area contributed by atoms with Crippen LogP contribution in [-0.2, 0) is 4.79 Å². The van der Waals surface area contributed by atoms with Gasteiger partial charge in [-0.25, -0.2) is 9.38 Å². The van der Waals surface area contributed by atoms with E-state index in [0.29, 0.717) is 16.7 Å². The second-order valence-corrected chi connectivity index (χ2v) is 7.37. The van der Waals surface area contributed by atoms with Crippen molar-refractivity contribution in [2.24, 2.45) is 4.99 Å². The van der Waals surface area contributed by atoms with Crippen molar-refractivity contribution in [1.82, 2.24) is 4.90 Å². The topological polar surface area (TPSA) is 32.7 Å². The molecule has 0 bridgehead atoms. The van der Waals surface area contributed by atoms with E-state index in [9.17, 15) is 35.5 Å². The number of hydrogen-bond acceptors (Lipinski definition) is 4. The maximum atomic E-state index is 14.0. The number of carbonyl (C=O) groups is 1. The first-order valence-electron chi connectivity index (χ1n) is 7.19. The molecule has 3 nitrogen and oxygen atoms in total. The number of aliphatic imine (C=N–C) groups is 1. The molecule has 1 amide bonds. The average molecular weight is 432 g/mol. The molecule has 1 fully saturated rings. The summed E-state index contributed by atoms with van der Waals surface area (Å²) in [6.07, 6.45) is -9.06. The summed E-state index contributed by atoms with van der Waals surface area (Å²) in [5, 5.41) is -0.234. The predicted molar refractivity (Wildman–Crippen MR) is 88.8 cm³/mol. The first-order chi connectivity index (χ1) is 12.4. The van der Waals surface area contributed by atoms with Gasteiger partial charge in [0.25, 0.3) is 0 Å². The van der Waals surface area contributed by atoms with E-state index in [1.54, 1.807) is 0 Å². The zero-order chi connectivity index (χ0) is 20.4. The zero-order valence-electron chi connectivity index (χ0n) is 13.5. The summed E-state index contributed by atoms with van der Waals surface area (Å²) in [5.41, 5.74) is -0.123. The van der Waals surface area contributed by atoms with Crippen molar-refractivity contribution in [2.75, 3.05) is 18.1 Å². The number of amides is 1. The highest BCUT2D eigenvalue weighted by atomic mass is 32.2. The van der Waals surface area contributed by atoms with Crippen LogP contribution in [0.2, 0.25) is 0 Å². The number of aryl methyl sites for hydroxylation is 1. The van der Waals surface area contributed by atoms with Crippen LogP contribution in [0.4, 0.5) is 36.4 Å². The molecule has 1 saturated heterocycles. The Morgan fingerprint density at radius 1 is 1.22 bits per heavy atom. The van der Waals surface area contributed by atoms with Gasteiger partial charge < -0.3 is 0 Å². The molecule has 0 saturated carbocycles. The molecule has 1 aromatic rings. The molecular formula is C15H11F7N2OS2. The van der Waals surface area contributed by atoms with Gasteiger partial charge in [0.1, 0.15) is 23.1 Å². The summed E-state index contributed by atoms with van der Waals surface area (Å²) in [7, 11) is 0. The van der Waals surface area contributed by atoms with Crippen molar-refractivity contribution in [3.63, 3.8) is 0 Å². The number of rotatable bonds is 4. The van der Waals surface area contributed by atoms with Gasteiger partial charge in [0.15, 0.2) is 0 Å². The third-order valence-electron chi connectivity index (χ3n) is 3.12. The molecule has 148 valence electrons. The van der Waals surface area contributed by atoms with E-state index in [2.05, 4.69) is 10.9 Å². The molecule has 0 atom stereocenters. The Balaban J connectivity index is 2.32. The Hall–Kier alpha value is -1.65. The second-order valence-electron chi connectivity index (χ2n) is 5.39. The third kappa shape index (κ3) is 6.47. The number of alkyl halides is 6. The quantitative estimate of drug-likeness (QED) is 0.379. The summed E-state index contributed by atoms with van der Waals surface area (Å²) in [6, 6.07) is 2.04. The van der Waals surface area contributed by atoms with Crippen LogP contribution in [0.25, 0.3) is 0 Å². The lowest BCUT2D eigenvalue weighted by Gasteiger charge is -2.16. The van der Waals surface area contributed by atoms with E-state index < -0.39 is 36.4 Å². The molecule has 1 aromatic carbocycles. The Labute approximate surface area is 157 Å². The molecule has 0 aromatic heterocycles. The van der Waals surface area contributed by atoms with Crippen LogP contribution < -0.4 is 0 Å². The second kappa shape index (κ2) is 8.15. The molecule has 0 unspecified atom stereocenters. The van der Waals surface area contributed by atoms with Gasteiger partial charge in [0.05, 0.1) is 11.5 Å². The van der Waals surface area contributed by atoms with E-state index in [0.717, 1.165) is 23.9 Å². The molecule has 27 heavy (non-hydrogen) atoms. The van der Waals surface area contributed by atoms with Crippen molar-refractivity contribution >= 4 is 41.0 Å². The number of thioether (sulfide) groups is 2. The number of nitrogens with zero attached hydrogens (tertiary/aromatic N) is 2. The largest absolute Gasteiger partial charge is 0.406 e. The number of hydrogen-bond donors (Lipinski definition) is 0. The highest BCUT2D eigenvalue weighted by molar-refractivity contribution is 8.04. The van der Waals surface area contributed by atoms with Crippen LogP contribution in [0.5, 0.6) is 0 Å². The van der Waals surface area contributed by atoms with Gasteiger partial charge in [-0.3, -0.25) is 9.69 Å². The summed E-state index contributed by atoms with van der Waals surface area (Å²) in [4.78, 5) is 15.7. The molecule has 0 spiro atoms. The van der Waals surface area contributed by atoms with Gasteiger partial charge in [-0.2, -0.15) is 26.3 Å². The van der Waals surface area contributed by atoms with Gasteiger partial charge in [-0.05, 0) is 24.6 Å². The number of halogens is 7. The maximum Gasteiger partial charge on any atom is 0.406 e. The number of carbonyl (C=O) groups excluding carboxylic acids is 1. The molecule has 2 rings (SSSR count). The van der Waals surface area contributed by atoms with E-state index in [1.165, 1.54) is 6.92 Å². The van der Waals surface area contributed by atoms with Crippen LogP contribution >= 0.6 is 23.5 Å². The minimum absolute atomic E-state index is 0.126. The van der Waals surface area contributed by atoms with Gasteiger partial charge in [-0.15, -0.1) is 11.8 Å². The highest BCUT2D eigenvalue weighted by Gasteiger charge is 2.38. The normalized spacial score (nSPS) is 15.3. The average Bonchev–Trinajstić information content (AvgIpc) is 2.83. The summed E-state index contributed by atoms with van der Waals surface area (Å²) in [6.45, 7) is -0.107. The first kappa shape index (κ1) is 21.6. The van der Waals surface area contributed by atoms with Crippen LogP contribution in [0.15, 0.2) is 27.0 Å². The van der Waals surface area contributed by atoms with Crippen molar-refractivity contribution < 1.29 is 35.5 Å². The highest BCUT2D eigenvalue weighted by Crippen LogP contribution is 2.34. The molecular weight excluding hydrogens is 421 g/mol. The zero-order valence-corrected chi connectivity index (χ0v) is 15.2. The monoisotopic (exact) mass is 432 g/mol. The Morgan fingerprint density at radius 3 is 2.48 bits per heavy atom. The van der Waals surface area contributed by atoms with E-state index in [-0.39, 0.29) is 26.9 Å².